The molecule has 20 heavy (non-hydrogen) atoms. The van der Waals surface area contributed by atoms with Gasteiger partial charge in [-0.25, -0.2) is 0 Å². The summed E-state index contributed by atoms with van der Waals surface area (Å²) in [5, 5.41) is 0. The molecule has 0 saturated carbocycles. The summed E-state index contributed by atoms with van der Waals surface area (Å²) in [4.78, 5) is 13.7. The quantitative estimate of drug-likeness (QED) is 0.371. The van der Waals surface area contributed by atoms with Crippen LogP contribution in [0.25, 0.3) is 0 Å². The van der Waals surface area contributed by atoms with E-state index >= 15 is 0 Å². The van der Waals surface area contributed by atoms with Gasteiger partial charge in [0.2, 0.25) is 0 Å². The SMILES string of the molecule is CCCCCCCCCCN(CC(=O)OCC)C(C)C. The fraction of sp³-hybridized carbons (Fsp3) is 0.941. The zero-order chi connectivity index (χ0) is 15.2. The molecule has 0 fully saturated rings. The summed E-state index contributed by atoms with van der Waals surface area (Å²) >= 11 is 0. The topological polar surface area (TPSA) is 29.5 Å². The molecule has 0 atom stereocenters. The highest BCUT2D eigenvalue weighted by Crippen LogP contribution is 2.09. The molecule has 0 N–H and O–H groups in total. The average molecular weight is 285 g/mol. The highest BCUT2D eigenvalue weighted by Gasteiger charge is 2.14. The molecule has 3 nitrogen and oxygen atoms in total. The van der Waals surface area contributed by atoms with Crippen LogP contribution in [0, 0.1) is 0 Å². The van der Waals surface area contributed by atoms with E-state index in [-0.39, 0.29) is 5.97 Å². The van der Waals surface area contributed by atoms with Crippen LogP contribution in [0.3, 0.4) is 0 Å². The van der Waals surface area contributed by atoms with Gasteiger partial charge in [-0.15, -0.1) is 0 Å². The van der Waals surface area contributed by atoms with Crippen molar-refractivity contribution in [2.75, 3.05) is 19.7 Å². The summed E-state index contributed by atoms with van der Waals surface area (Å²) in [6.07, 6.45) is 10.6. The Kier molecular flexibility index (Phi) is 13.0. The Balaban J connectivity index is 3.63. The maximum absolute atomic E-state index is 11.5. The van der Waals surface area contributed by atoms with Crippen LogP contribution in [-0.4, -0.2) is 36.6 Å². The van der Waals surface area contributed by atoms with Crippen LogP contribution in [0.15, 0.2) is 0 Å². The van der Waals surface area contributed by atoms with E-state index < -0.39 is 0 Å². The monoisotopic (exact) mass is 285 g/mol. The van der Waals surface area contributed by atoms with Gasteiger partial charge in [0.15, 0.2) is 0 Å². The van der Waals surface area contributed by atoms with Crippen molar-refractivity contribution >= 4 is 5.97 Å². The Morgan fingerprint density at radius 3 is 2.00 bits per heavy atom. The Morgan fingerprint density at radius 2 is 1.50 bits per heavy atom. The molecule has 0 radical (unpaired) electrons. The molecule has 0 bridgehead atoms. The molecule has 0 spiro atoms. The zero-order valence-electron chi connectivity index (χ0n) is 14.1. The molecule has 0 aliphatic heterocycles. The van der Waals surface area contributed by atoms with Gasteiger partial charge in [-0.2, -0.15) is 0 Å². The number of nitrogens with zero attached hydrogens (tertiary/aromatic N) is 1. The van der Waals surface area contributed by atoms with Gasteiger partial charge in [0, 0.05) is 6.04 Å². The van der Waals surface area contributed by atoms with Gasteiger partial charge >= 0.3 is 5.97 Å². The lowest BCUT2D eigenvalue weighted by Gasteiger charge is -2.25. The van der Waals surface area contributed by atoms with E-state index in [9.17, 15) is 4.79 Å². The Hall–Kier alpha value is -0.570. The molecule has 0 saturated heterocycles. The first-order chi connectivity index (χ1) is 9.61. The third-order valence-corrected chi connectivity index (χ3v) is 3.67. The van der Waals surface area contributed by atoms with E-state index in [0.29, 0.717) is 19.2 Å². The zero-order valence-corrected chi connectivity index (χ0v) is 14.1. The lowest BCUT2D eigenvalue weighted by Crippen LogP contribution is -2.37. The summed E-state index contributed by atoms with van der Waals surface area (Å²) < 4.78 is 5.02. The molecule has 0 aromatic rings. The molecular weight excluding hydrogens is 250 g/mol. The van der Waals surface area contributed by atoms with E-state index in [1.54, 1.807) is 0 Å². The van der Waals surface area contributed by atoms with E-state index in [2.05, 4.69) is 25.7 Å². The molecule has 0 aromatic heterocycles. The first kappa shape index (κ1) is 19.4. The van der Waals surface area contributed by atoms with Crippen LogP contribution in [0.5, 0.6) is 0 Å². The van der Waals surface area contributed by atoms with Crippen molar-refractivity contribution in [1.29, 1.82) is 0 Å². The minimum Gasteiger partial charge on any atom is -0.465 e. The number of esters is 1. The molecule has 0 aliphatic carbocycles. The number of hydrogen-bond donors (Lipinski definition) is 0. The largest absolute Gasteiger partial charge is 0.465 e. The predicted octanol–water partition coefficient (Wildman–Crippen LogP) is 4.40. The second kappa shape index (κ2) is 13.4. The van der Waals surface area contributed by atoms with E-state index in [0.717, 1.165) is 6.54 Å². The highest BCUT2D eigenvalue weighted by atomic mass is 16.5. The van der Waals surface area contributed by atoms with Crippen molar-refractivity contribution in [1.82, 2.24) is 4.90 Å². The van der Waals surface area contributed by atoms with Gasteiger partial charge in [0.05, 0.1) is 13.2 Å². The molecular formula is C17H35NO2. The number of rotatable bonds is 13. The van der Waals surface area contributed by atoms with Gasteiger partial charge in [-0.05, 0) is 33.7 Å². The summed E-state index contributed by atoms with van der Waals surface area (Å²) in [7, 11) is 0. The number of carbonyl (C=O) groups excluding carboxylic acids is 1. The number of ether oxygens (including phenoxy) is 1. The molecule has 0 unspecified atom stereocenters. The van der Waals surface area contributed by atoms with Gasteiger partial charge in [0.25, 0.3) is 0 Å². The molecule has 0 aromatic carbocycles. The van der Waals surface area contributed by atoms with E-state index in [1.165, 1.54) is 51.4 Å². The van der Waals surface area contributed by atoms with Crippen LogP contribution in [-0.2, 0) is 9.53 Å². The Morgan fingerprint density at radius 1 is 0.950 bits per heavy atom. The van der Waals surface area contributed by atoms with Crippen molar-refractivity contribution in [3.8, 4) is 0 Å². The van der Waals surface area contributed by atoms with Crippen molar-refractivity contribution in [2.24, 2.45) is 0 Å². The maximum atomic E-state index is 11.5. The third-order valence-electron chi connectivity index (χ3n) is 3.67. The highest BCUT2D eigenvalue weighted by molar-refractivity contribution is 5.71. The molecule has 0 heterocycles. The fourth-order valence-electron chi connectivity index (χ4n) is 2.34. The Bertz CT molecular complexity index is 229. The number of carbonyl (C=O) groups is 1. The third kappa shape index (κ3) is 11.3. The van der Waals surface area contributed by atoms with Crippen molar-refractivity contribution < 1.29 is 9.53 Å². The van der Waals surface area contributed by atoms with Crippen LogP contribution in [0.1, 0.15) is 79.1 Å². The first-order valence-electron chi connectivity index (χ1n) is 8.51. The van der Waals surface area contributed by atoms with Crippen molar-refractivity contribution in [2.45, 2.75) is 85.1 Å². The Labute approximate surface area is 126 Å². The predicted molar refractivity (Wildman–Crippen MR) is 86.0 cm³/mol. The lowest BCUT2D eigenvalue weighted by atomic mass is 10.1. The maximum Gasteiger partial charge on any atom is 0.320 e. The second-order valence-electron chi connectivity index (χ2n) is 5.84. The first-order valence-corrected chi connectivity index (χ1v) is 8.51. The fourth-order valence-corrected chi connectivity index (χ4v) is 2.34. The summed E-state index contributed by atoms with van der Waals surface area (Å²) in [6.45, 7) is 10.3. The van der Waals surface area contributed by atoms with Gasteiger partial charge in [-0.1, -0.05) is 51.9 Å². The summed E-state index contributed by atoms with van der Waals surface area (Å²) in [5.41, 5.74) is 0. The van der Waals surface area contributed by atoms with Gasteiger partial charge in [0.1, 0.15) is 0 Å². The molecule has 3 heteroatoms. The van der Waals surface area contributed by atoms with Crippen molar-refractivity contribution in [3.63, 3.8) is 0 Å². The normalized spacial score (nSPS) is 11.3. The van der Waals surface area contributed by atoms with Gasteiger partial charge < -0.3 is 4.74 Å². The number of unbranched alkanes of at least 4 members (excludes halogenated alkanes) is 7. The molecule has 0 aliphatic rings. The van der Waals surface area contributed by atoms with E-state index in [4.69, 9.17) is 4.74 Å². The smallest absolute Gasteiger partial charge is 0.320 e. The molecule has 0 rings (SSSR count). The minimum atomic E-state index is -0.0965. The van der Waals surface area contributed by atoms with Crippen LogP contribution in [0.4, 0.5) is 0 Å². The van der Waals surface area contributed by atoms with Crippen LogP contribution >= 0.6 is 0 Å². The summed E-state index contributed by atoms with van der Waals surface area (Å²) in [6, 6.07) is 0.406. The second-order valence-corrected chi connectivity index (χ2v) is 5.84. The average Bonchev–Trinajstić information content (AvgIpc) is 2.40. The van der Waals surface area contributed by atoms with Gasteiger partial charge in [-0.3, -0.25) is 9.69 Å². The van der Waals surface area contributed by atoms with Crippen LogP contribution < -0.4 is 0 Å². The van der Waals surface area contributed by atoms with E-state index in [1.807, 2.05) is 6.92 Å². The minimum absolute atomic E-state index is 0.0965. The standard InChI is InChI=1S/C17H35NO2/c1-5-7-8-9-10-11-12-13-14-18(16(3)4)15-17(19)20-6-2/h16H,5-15H2,1-4H3. The molecule has 120 valence electrons. The van der Waals surface area contributed by atoms with Crippen LogP contribution in [0.2, 0.25) is 0 Å². The molecule has 0 amide bonds. The lowest BCUT2D eigenvalue weighted by molar-refractivity contribution is -0.144. The van der Waals surface area contributed by atoms with Crippen molar-refractivity contribution in [3.05, 3.63) is 0 Å². The summed E-state index contributed by atoms with van der Waals surface area (Å²) in [5.74, 6) is -0.0965. The number of hydrogen-bond acceptors (Lipinski definition) is 3.